The van der Waals surface area contributed by atoms with E-state index in [1.54, 1.807) is 18.2 Å². The SMILES string of the molecule is CCCCC(c1ccc(C(=O)NC/C(N)=N/N)cc1)N1C(=O)C(c2cc(F)cc(Cl)c2)=NC12CCC(C(C)(C)C)CC2. The number of hydrazone groups is 1. The van der Waals surface area contributed by atoms with Crippen LogP contribution in [-0.2, 0) is 4.79 Å². The largest absolute Gasteiger partial charge is 0.384 e. The van der Waals surface area contributed by atoms with Crippen molar-refractivity contribution in [1.82, 2.24) is 10.2 Å². The van der Waals surface area contributed by atoms with Gasteiger partial charge in [0.05, 0.1) is 12.6 Å². The number of nitrogens with two attached hydrogens (primary N) is 2. The maximum atomic E-state index is 14.4. The minimum Gasteiger partial charge on any atom is -0.384 e. The third kappa shape index (κ3) is 6.77. The van der Waals surface area contributed by atoms with Gasteiger partial charge in [-0.2, -0.15) is 5.10 Å². The number of carbonyl (C=O) groups is 2. The second-order valence-electron chi connectivity index (χ2n) is 12.5. The summed E-state index contributed by atoms with van der Waals surface area (Å²) in [7, 11) is 0. The molecule has 0 bridgehead atoms. The number of halogens is 2. The molecule has 10 heteroatoms. The Kier molecular flexibility index (Phi) is 9.60. The molecule has 226 valence electrons. The summed E-state index contributed by atoms with van der Waals surface area (Å²) in [5, 5.41) is 6.29. The highest BCUT2D eigenvalue weighted by atomic mass is 35.5. The standard InChI is InChI=1S/C32H42ClFN6O2/c1-5-6-7-26(20-8-10-21(11-9-20)29(41)37-19-27(35)39-36)40-30(42)28(22-16-24(33)18-25(34)17-22)38-32(40)14-12-23(13-15-32)31(2,3)4/h8-11,16-18,23,26H,5-7,12-15,19,36H2,1-4H3,(H2,35,39)(H,37,41). The van der Waals surface area contributed by atoms with E-state index >= 15 is 0 Å². The Morgan fingerprint density at radius 1 is 1.21 bits per heavy atom. The van der Waals surface area contributed by atoms with Crippen LogP contribution < -0.4 is 16.9 Å². The molecule has 2 aromatic rings. The van der Waals surface area contributed by atoms with Crippen molar-refractivity contribution in [3.8, 4) is 0 Å². The zero-order valence-corrected chi connectivity index (χ0v) is 25.7. The van der Waals surface area contributed by atoms with Gasteiger partial charge in [0.2, 0.25) is 0 Å². The van der Waals surface area contributed by atoms with Crippen molar-refractivity contribution in [2.75, 3.05) is 6.54 Å². The summed E-state index contributed by atoms with van der Waals surface area (Å²) in [5.41, 5.74) is 7.03. The number of amides is 2. The van der Waals surface area contributed by atoms with Crippen molar-refractivity contribution in [1.29, 1.82) is 0 Å². The lowest BCUT2D eigenvalue weighted by molar-refractivity contribution is -0.133. The van der Waals surface area contributed by atoms with Crippen molar-refractivity contribution < 1.29 is 14.0 Å². The first-order chi connectivity index (χ1) is 19.9. The Balaban J connectivity index is 1.72. The molecule has 8 nitrogen and oxygen atoms in total. The molecule has 0 aromatic heterocycles. The molecule has 0 radical (unpaired) electrons. The summed E-state index contributed by atoms with van der Waals surface area (Å²) in [6.07, 6.45) is 5.90. The van der Waals surface area contributed by atoms with Crippen LogP contribution in [0.3, 0.4) is 0 Å². The van der Waals surface area contributed by atoms with Gasteiger partial charge in [-0.25, -0.2) is 4.39 Å². The van der Waals surface area contributed by atoms with Crippen molar-refractivity contribution in [2.24, 2.45) is 33.0 Å². The number of nitrogens with one attached hydrogen (secondary N) is 1. The van der Waals surface area contributed by atoms with Gasteiger partial charge in [0.15, 0.2) is 0 Å². The van der Waals surface area contributed by atoms with E-state index in [1.165, 1.54) is 12.1 Å². The maximum Gasteiger partial charge on any atom is 0.275 e. The van der Waals surface area contributed by atoms with Gasteiger partial charge in [-0.1, -0.05) is 64.3 Å². The Hall–Kier alpha value is -3.46. The number of carbonyl (C=O) groups excluding carboxylic acids is 2. The van der Waals surface area contributed by atoms with E-state index in [0.717, 1.165) is 50.5 Å². The average molecular weight is 597 g/mol. The fraction of sp³-hybridized carbons (Fsp3) is 0.500. The van der Waals surface area contributed by atoms with Gasteiger partial charge in [-0.05, 0) is 79.3 Å². The van der Waals surface area contributed by atoms with Crippen molar-refractivity contribution in [3.05, 3.63) is 70.0 Å². The third-order valence-corrected chi connectivity index (χ3v) is 8.85. The van der Waals surface area contributed by atoms with Crippen molar-refractivity contribution >= 4 is 35.0 Å². The summed E-state index contributed by atoms with van der Waals surface area (Å²) >= 11 is 6.20. The molecule has 5 N–H and O–H groups in total. The van der Waals surface area contributed by atoms with Crippen molar-refractivity contribution in [2.45, 2.75) is 84.3 Å². The lowest BCUT2D eigenvalue weighted by Crippen LogP contribution is -2.51. The fourth-order valence-electron chi connectivity index (χ4n) is 6.24. The first kappa shape index (κ1) is 31.5. The van der Waals surface area contributed by atoms with Crippen LogP contribution in [0.5, 0.6) is 0 Å². The second-order valence-corrected chi connectivity index (χ2v) is 12.9. The van der Waals surface area contributed by atoms with Crippen LogP contribution in [0.2, 0.25) is 5.02 Å². The van der Waals surface area contributed by atoms with Crippen LogP contribution in [0.1, 0.15) is 100 Å². The molecule has 1 spiro atoms. The van der Waals surface area contributed by atoms with Gasteiger partial charge in [0.25, 0.3) is 11.8 Å². The monoisotopic (exact) mass is 596 g/mol. The van der Waals surface area contributed by atoms with E-state index in [4.69, 9.17) is 28.2 Å². The highest BCUT2D eigenvalue weighted by molar-refractivity contribution is 6.47. The highest BCUT2D eigenvalue weighted by Crippen LogP contribution is 2.50. The van der Waals surface area contributed by atoms with Gasteiger partial charge >= 0.3 is 0 Å². The molecular weight excluding hydrogens is 555 g/mol. The van der Waals surface area contributed by atoms with Crippen LogP contribution in [-0.4, -0.2) is 40.5 Å². The molecule has 1 aliphatic heterocycles. The molecule has 4 rings (SSSR count). The van der Waals surface area contributed by atoms with E-state index < -0.39 is 11.5 Å². The third-order valence-electron chi connectivity index (χ3n) is 8.63. The first-order valence-corrected chi connectivity index (χ1v) is 15.1. The summed E-state index contributed by atoms with van der Waals surface area (Å²) in [6, 6.07) is 11.2. The van der Waals surface area contributed by atoms with Gasteiger partial charge in [0.1, 0.15) is 23.0 Å². The number of aliphatic imine (C=N–C) groups is 1. The fourth-order valence-corrected chi connectivity index (χ4v) is 6.46. The molecule has 1 unspecified atom stereocenters. The Bertz CT molecular complexity index is 1340. The number of rotatable bonds is 9. The van der Waals surface area contributed by atoms with E-state index in [9.17, 15) is 14.0 Å². The molecule has 1 saturated carbocycles. The van der Waals surface area contributed by atoms with Crippen LogP contribution in [0.25, 0.3) is 0 Å². The first-order valence-electron chi connectivity index (χ1n) is 14.7. The maximum absolute atomic E-state index is 14.4. The molecule has 1 aliphatic carbocycles. The zero-order valence-electron chi connectivity index (χ0n) is 24.9. The molecule has 1 heterocycles. The van der Waals surface area contributed by atoms with Crippen LogP contribution >= 0.6 is 11.6 Å². The minimum atomic E-state index is -0.736. The predicted molar refractivity (Wildman–Crippen MR) is 166 cm³/mol. The Morgan fingerprint density at radius 2 is 1.88 bits per heavy atom. The van der Waals surface area contributed by atoms with Gasteiger partial charge in [-0.3, -0.25) is 14.6 Å². The molecule has 2 aliphatic rings. The second kappa shape index (κ2) is 12.8. The number of amidine groups is 1. The molecule has 0 saturated heterocycles. The van der Waals surface area contributed by atoms with Crippen LogP contribution in [0, 0.1) is 17.2 Å². The van der Waals surface area contributed by atoms with Crippen LogP contribution in [0.15, 0.2) is 52.6 Å². The summed E-state index contributed by atoms with van der Waals surface area (Å²) < 4.78 is 14.4. The normalized spacial score (nSPS) is 21.9. The zero-order chi connectivity index (χ0) is 30.7. The van der Waals surface area contributed by atoms with Gasteiger partial charge in [0, 0.05) is 16.1 Å². The van der Waals surface area contributed by atoms with Gasteiger partial charge < -0.3 is 21.8 Å². The highest BCUT2D eigenvalue weighted by Gasteiger charge is 2.52. The number of unbranched alkanes of at least 4 members (excludes halogenated alkanes) is 1. The molecule has 42 heavy (non-hydrogen) atoms. The summed E-state index contributed by atoms with van der Waals surface area (Å²) in [6.45, 7) is 8.94. The Labute approximate surface area is 252 Å². The minimum absolute atomic E-state index is 0.0424. The van der Waals surface area contributed by atoms with E-state index in [2.05, 4.69) is 38.1 Å². The van der Waals surface area contributed by atoms with Crippen LogP contribution in [0.4, 0.5) is 4.39 Å². The predicted octanol–water partition coefficient (Wildman–Crippen LogP) is 5.94. The summed E-state index contributed by atoms with van der Waals surface area (Å²) in [4.78, 5) is 34.1. The number of hydrogen-bond donors (Lipinski definition) is 3. The molecule has 2 aromatic carbocycles. The topological polar surface area (TPSA) is 126 Å². The van der Waals surface area contributed by atoms with E-state index in [-0.39, 0.29) is 46.4 Å². The van der Waals surface area contributed by atoms with Gasteiger partial charge in [-0.15, -0.1) is 0 Å². The molecule has 2 amide bonds. The quantitative estimate of drug-likeness (QED) is 0.143. The molecular formula is C32H42ClFN6O2. The molecule has 1 atom stereocenters. The lowest BCUT2D eigenvalue weighted by Gasteiger charge is -2.47. The number of benzene rings is 2. The number of nitrogens with zero attached hydrogens (tertiary/aromatic N) is 3. The summed E-state index contributed by atoms with van der Waals surface area (Å²) in [5.74, 6) is 4.75. The smallest absolute Gasteiger partial charge is 0.275 e. The van der Waals surface area contributed by atoms with Crippen molar-refractivity contribution in [3.63, 3.8) is 0 Å². The lowest BCUT2D eigenvalue weighted by atomic mass is 9.69. The van der Waals surface area contributed by atoms with E-state index in [1.807, 2.05) is 17.0 Å². The Morgan fingerprint density at radius 3 is 2.45 bits per heavy atom. The average Bonchev–Trinajstić information content (AvgIpc) is 3.22. The molecule has 1 fully saturated rings. The van der Waals surface area contributed by atoms with E-state index in [0.29, 0.717) is 17.0 Å². The number of hydrogen-bond acceptors (Lipinski definition) is 5.